The molecule has 0 spiro atoms. The van der Waals surface area contributed by atoms with E-state index >= 15 is 0 Å². The van der Waals surface area contributed by atoms with Gasteiger partial charge < -0.3 is 4.55 Å². The van der Waals surface area contributed by atoms with E-state index in [-0.39, 0.29) is 0 Å². The molecule has 0 aliphatic rings. The van der Waals surface area contributed by atoms with Crippen LogP contribution in [-0.4, -0.2) is 23.4 Å². The van der Waals surface area contributed by atoms with Crippen LogP contribution in [0, 0.1) is 0 Å². The van der Waals surface area contributed by atoms with Gasteiger partial charge in [-0.15, -0.1) is 0 Å². The summed E-state index contributed by atoms with van der Waals surface area (Å²) in [6.45, 7) is 0. The van der Waals surface area contributed by atoms with Crippen molar-refractivity contribution in [2.24, 2.45) is 0 Å². The third kappa shape index (κ3) is 10.9. The van der Waals surface area contributed by atoms with E-state index < -0.39 is 21.5 Å². The molecule has 9 heavy (non-hydrogen) atoms. The molecule has 0 amide bonds. The minimum atomic E-state index is -3.84. The topological polar surface area (TPSA) is 83.5 Å². The number of hydrogen-bond donors (Lipinski definition) is 0. The van der Waals surface area contributed by atoms with E-state index in [1.54, 1.807) is 0 Å². The van der Waals surface area contributed by atoms with Gasteiger partial charge in [-0.2, -0.15) is 12.0 Å². The summed E-state index contributed by atoms with van der Waals surface area (Å²) < 4.78 is 41.8. The minimum Gasteiger partial charge on any atom is -0.749 e. The fourth-order valence-electron chi connectivity index (χ4n) is 0.101. The predicted octanol–water partition coefficient (Wildman–Crippen LogP) is -1.24. The molecule has 0 N–H and O–H groups in total. The van der Waals surface area contributed by atoms with Crippen LogP contribution in [0.4, 0.5) is 0 Å². The van der Waals surface area contributed by atoms with Crippen molar-refractivity contribution >= 4 is 21.5 Å². The molecule has 0 fully saturated rings. The Kier molecular flexibility index (Phi) is 3.79. The van der Waals surface area contributed by atoms with Crippen molar-refractivity contribution in [1.29, 1.82) is 0 Å². The summed E-state index contributed by atoms with van der Waals surface area (Å²) in [5.41, 5.74) is 0. The van der Waals surface area contributed by atoms with Gasteiger partial charge >= 0.3 is 0 Å². The first-order valence-electron chi connectivity index (χ1n) is 1.41. The van der Waals surface area contributed by atoms with E-state index in [2.05, 4.69) is 3.63 Å². The van der Waals surface area contributed by atoms with Crippen LogP contribution in [0.25, 0.3) is 0 Å². The Balaban J connectivity index is 0. The fourth-order valence-corrected chi connectivity index (χ4v) is 0.908. The van der Waals surface area contributed by atoms with Gasteiger partial charge in [-0.3, -0.25) is 0 Å². The number of hydrogen-bond acceptors (Lipinski definition) is 5. The molecule has 52 valence electrons. The van der Waals surface area contributed by atoms with Crippen LogP contribution in [0.5, 0.6) is 0 Å². The zero-order chi connectivity index (χ0) is 6.78. The molecule has 0 bridgehead atoms. The van der Waals surface area contributed by atoms with Gasteiger partial charge in [0.1, 0.15) is 11.4 Å². The van der Waals surface area contributed by atoms with E-state index in [9.17, 15) is 17.2 Å². The molecule has 0 aromatic rings. The normalized spacial score (nSPS) is 14.0. The zero-order valence-corrected chi connectivity index (χ0v) is 12.6. The van der Waals surface area contributed by atoms with Crippen molar-refractivity contribution in [3.8, 4) is 0 Å². The van der Waals surface area contributed by atoms with Crippen molar-refractivity contribution in [3.05, 3.63) is 0 Å². The quantitative estimate of drug-likeness (QED) is 0.516. The molecule has 0 aliphatic carbocycles. The second-order valence-corrected chi connectivity index (χ2v) is 3.34. The standard InChI is InChI=1S/CH4O5S2.Rf/c1-8(4,5)6-7(2)3;/h1H3,(H,2,3);/p-1. The van der Waals surface area contributed by atoms with Crippen LogP contribution in [-0.2, 0) is 25.1 Å². The maximum Gasteiger partial charge on any atom is 0.276 e. The summed E-state index contributed by atoms with van der Waals surface area (Å²) in [6, 6.07) is 0. The summed E-state index contributed by atoms with van der Waals surface area (Å²) in [6.07, 6.45) is 0.642. The fraction of sp³-hybridized carbons (Fsp3) is 1.00. The summed E-state index contributed by atoms with van der Waals surface area (Å²) in [5.74, 6) is 0. The van der Waals surface area contributed by atoms with Crippen molar-refractivity contribution < 1.29 is 20.8 Å². The molecule has 8 heteroatoms. The largest absolute Gasteiger partial charge is 0.749 e. The molecule has 1 unspecified atom stereocenters. The maximum absolute atomic E-state index is 9.83. The molecule has 0 saturated carbocycles. The molecule has 0 radical (unpaired) electrons. The smallest absolute Gasteiger partial charge is 0.276 e. The monoisotopic (exact) mass is 426 g/mol. The maximum atomic E-state index is 9.83. The Hall–Kier alpha value is -0.980. The van der Waals surface area contributed by atoms with Crippen LogP contribution in [0.2, 0.25) is 0 Å². The van der Waals surface area contributed by atoms with Gasteiger partial charge in [0.05, 0.1) is 6.26 Å². The molecule has 0 saturated heterocycles. The molecule has 0 heterocycles. The zero-order valence-electron chi connectivity index (χ0n) is 4.56. The van der Waals surface area contributed by atoms with Gasteiger partial charge in [-0.25, -0.2) is 4.21 Å². The van der Waals surface area contributed by atoms with Crippen LogP contribution < -0.4 is 0 Å². The molecule has 5 nitrogen and oxygen atoms in total. The average molecular weight is 426 g/mol. The molecule has 0 aromatic heterocycles. The van der Waals surface area contributed by atoms with Crippen molar-refractivity contribution in [2.45, 2.75) is 0 Å². The van der Waals surface area contributed by atoms with E-state index in [0.29, 0.717) is 6.26 Å². The van der Waals surface area contributed by atoms with Crippen molar-refractivity contribution in [2.75, 3.05) is 6.26 Å². The first-order valence-corrected chi connectivity index (χ1v) is 4.22. The van der Waals surface area contributed by atoms with Crippen LogP contribution >= 0.6 is 0 Å². The summed E-state index contributed by atoms with van der Waals surface area (Å²) in [7, 11) is -3.84. The van der Waals surface area contributed by atoms with Gasteiger partial charge in [0.15, 0.2) is 0 Å². The third-order valence-corrected chi connectivity index (χ3v) is 1.61. The summed E-state index contributed by atoms with van der Waals surface area (Å²) in [5, 5.41) is 0. The predicted molar refractivity (Wildman–Crippen MR) is 24.8 cm³/mol. The second kappa shape index (κ2) is 3.13. The first kappa shape index (κ1) is 10.9. The molecular weight excluding hydrogens is 423 g/mol. The Labute approximate surface area is 49.3 Å². The molecule has 0 aromatic carbocycles. The third-order valence-electron chi connectivity index (χ3n) is 0.179. The second-order valence-electron chi connectivity index (χ2n) is 0.976. The average Bonchev–Trinajstić information content (AvgIpc) is 1.21. The van der Waals surface area contributed by atoms with E-state index in [1.807, 2.05) is 0 Å². The van der Waals surface area contributed by atoms with Crippen LogP contribution in [0.3, 0.4) is 0 Å². The van der Waals surface area contributed by atoms with Crippen LogP contribution in [0.15, 0.2) is 0 Å². The Morgan fingerprint density at radius 1 is 1.56 bits per heavy atom. The van der Waals surface area contributed by atoms with Gasteiger partial charge in [0, 0.05) is 0 Å². The van der Waals surface area contributed by atoms with Gasteiger partial charge in [0.25, 0.3) is 10.1 Å². The van der Waals surface area contributed by atoms with E-state index in [4.69, 9.17) is 0 Å². The molecule has 0 aliphatic heterocycles. The first-order chi connectivity index (χ1) is 3.42. The van der Waals surface area contributed by atoms with Gasteiger partial charge in [-0.05, 0) is 0 Å². The Morgan fingerprint density at radius 3 is 1.89 bits per heavy atom. The summed E-state index contributed by atoms with van der Waals surface area (Å²) in [4.78, 5) is 0. The molecule has 0 rings (SSSR count). The molecular formula is CH3O5RfS2-. The van der Waals surface area contributed by atoms with E-state index in [1.165, 1.54) is 0 Å². The van der Waals surface area contributed by atoms with Crippen molar-refractivity contribution in [3.63, 3.8) is 0 Å². The SMILES string of the molecule is CS(=O)(=O)OS(=O)[O-].[Rf]. The minimum absolute atomic E-state index is 0. The van der Waals surface area contributed by atoms with Gasteiger partial charge in [0.2, 0.25) is 0 Å². The van der Waals surface area contributed by atoms with Crippen LogP contribution in [0.1, 0.15) is 0 Å². The Morgan fingerprint density at radius 2 is 1.89 bits per heavy atom. The molecule has 1 atom stereocenters. The van der Waals surface area contributed by atoms with Gasteiger partial charge in [-0.1, -0.05) is 0 Å². The summed E-state index contributed by atoms with van der Waals surface area (Å²) >= 11 is -2.97. The van der Waals surface area contributed by atoms with Crippen molar-refractivity contribution in [1.82, 2.24) is 0 Å². The van der Waals surface area contributed by atoms with E-state index in [0.717, 1.165) is 0 Å². The Bertz CT molecular complexity index is 181. The number of rotatable bonds is 2.